The third kappa shape index (κ3) is 4.38. The summed E-state index contributed by atoms with van der Waals surface area (Å²) in [4.78, 5) is 41.5. The van der Waals surface area contributed by atoms with Gasteiger partial charge in [-0.15, -0.1) is 0 Å². The molecule has 10 heteroatoms. The normalized spacial score (nSPS) is 10.8. The molecule has 2 aromatic heterocycles. The third-order valence-corrected chi connectivity index (χ3v) is 4.76. The lowest BCUT2D eigenvalue weighted by Gasteiger charge is -2.10. The summed E-state index contributed by atoms with van der Waals surface area (Å²) in [7, 11) is 0. The van der Waals surface area contributed by atoms with Crippen LogP contribution in [0.2, 0.25) is 0 Å². The number of aromatic nitrogens is 4. The standard InChI is InChI=1S/C22H20N6O4/c1-2-28-22(31)16-11-7-6-10-15(16)19(26-28)21(30)25-24-17(29)12-13-18-23-20(27-32-18)14-8-4-3-5-9-14/h3-11H,2,12-13H2,1H3,(H,24,29)(H,25,30). The molecule has 4 aromatic rings. The molecular formula is C22H20N6O4. The van der Waals surface area contributed by atoms with E-state index in [9.17, 15) is 14.4 Å². The van der Waals surface area contributed by atoms with Crippen LogP contribution in [0.5, 0.6) is 0 Å². The van der Waals surface area contributed by atoms with Crippen molar-refractivity contribution in [1.29, 1.82) is 0 Å². The number of rotatable bonds is 6. The summed E-state index contributed by atoms with van der Waals surface area (Å²) in [5, 5.41) is 8.83. The first-order valence-corrected chi connectivity index (χ1v) is 10.0. The van der Waals surface area contributed by atoms with E-state index in [2.05, 4.69) is 26.1 Å². The van der Waals surface area contributed by atoms with Crippen LogP contribution in [0.3, 0.4) is 0 Å². The molecule has 2 amide bonds. The van der Waals surface area contributed by atoms with Crippen LogP contribution in [0, 0.1) is 0 Å². The second-order valence-electron chi connectivity index (χ2n) is 6.90. The van der Waals surface area contributed by atoms with Gasteiger partial charge in [0, 0.05) is 30.3 Å². The van der Waals surface area contributed by atoms with Gasteiger partial charge in [0.25, 0.3) is 11.5 Å². The molecule has 0 bridgehead atoms. The van der Waals surface area contributed by atoms with Crippen LogP contribution >= 0.6 is 0 Å². The quantitative estimate of drug-likeness (QED) is 0.445. The molecule has 0 aliphatic carbocycles. The van der Waals surface area contributed by atoms with Crippen LogP contribution in [0.4, 0.5) is 0 Å². The molecule has 2 N–H and O–H groups in total. The molecule has 0 aliphatic rings. The first kappa shape index (κ1) is 20.9. The lowest BCUT2D eigenvalue weighted by Crippen LogP contribution is -2.42. The van der Waals surface area contributed by atoms with Crippen molar-refractivity contribution in [3.63, 3.8) is 0 Å². The van der Waals surface area contributed by atoms with Gasteiger partial charge in [0.05, 0.1) is 5.39 Å². The Kier molecular flexibility index (Phi) is 6.02. The van der Waals surface area contributed by atoms with Crippen molar-refractivity contribution in [3.05, 3.63) is 76.5 Å². The molecule has 0 spiro atoms. The molecule has 0 radical (unpaired) electrons. The molecule has 0 saturated heterocycles. The third-order valence-electron chi connectivity index (χ3n) is 4.76. The van der Waals surface area contributed by atoms with Crippen molar-refractivity contribution in [2.24, 2.45) is 0 Å². The molecular weight excluding hydrogens is 412 g/mol. The number of hydrogen-bond acceptors (Lipinski definition) is 7. The Bertz CT molecular complexity index is 1330. The number of carbonyl (C=O) groups is 2. The predicted octanol–water partition coefficient (Wildman–Crippen LogP) is 1.86. The zero-order valence-electron chi connectivity index (χ0n) is 17.2. The van der Waals surface area contributed by atoms with Crippen molar-refractivity contribution in [2.75, 3.05) is 0 Å². The number of fused-ring (bicyclic) bond motifs is 1. The lowest BCUT2D eigenvalue weighted by molar-refractivity contribution is -0.121. The maximum atomic E-state index is 12.6. The van der Waals surface area contributed by atoms with E-state index in [1.165, 1.54) is 4.68 Å². The van der Waals surface area contributed by atoms with Crippen molar-refractivity contribution >= 4 is 22.6 Å². The zero-order chi connectivity index (χ0) is 22.5. The Labute approximate surface area is 182 Å². The van der Waals surface area contributed by atoms with Crippen LogP contribution in [-0.2, 0) is 17.8 Å². The van der Waals surface area contributed by atoms with Crippen LogP contribution in [0.15, 0.2) is 63.9 Å². The number of benzene rings is 2. The Hall–Kier alpha value is -4.34. The van der Waals surface area contributed by atoms with Gasteiger partial charge in [-0.05, 0) is 13.0 Å². The number of hydrazine groups is 1. The summed E-state index contributed by atoms with van der Waals surface area (Å²) < 4.78 is 6.39. The molecule has 0 fully saturated rings. The smallest absolute Gasteiger partial charge is 0.290 e. The van der Waals surface area contributed by atoms with E-state index in [1.54, 1.807) is 31.2 Å². The van der Waals surface area contributed by atoms with Crippen molar-refractivity contribution in [3.8, 4) is 11.4 Å². The Morgan fingerprint density at radius 3 is 2.47 bits per heavy atom. The van der Waals surface area contributed by atoms with Gasteiger partial charge in [0.2, 0.25) is 17.6 Å². The van der Waals surface area contributed by atoms with E-state index >= 15 is 0 Å². The van der Waals surface area contributed by atoms with Gasteiger partial charge in [-0.1, -0.05) is 53.7 Å². The van der Waals surface area contributed by atoms with E-state index in [4.69, 9.17) is 4.52 Å². The van der Waals surface area contributed by atoms with E-state index in [-0.39, 0.29) is 24.1 Å². The average Bonchev–Trinajstić information content (AvgIpc) is 3.31. The van der Waals surface area contributed by atoms with Gasteiger partial charge in [-0.2, -0.15) is 10.1 Å². The first-order valence-electron chi connectivity index (χ1n) is 10.0. The topological polar surface area (TPSA) is 132 Å². The van der Waals surface area contributed by atoms with E-state index in [1.807, 2.05) is 30.3 Å². The highest BCUT2D eigenvalue weighted by Gasteiger charge is 2.17. The minimum Gasteiger partial charge on any atom is -0.339 e. The second-order valence-corrected chi connectivity index (χ2v) is 6.90. The Morgan fingerprint density at radius 2 is 1.72 bits per heavy atom. The second kappa shape index (κ2) is 9.21. The largest absolute Gasteiger partial charge is 0.339 e. The molecule has 2 aromatic carbocycles. The zero-order valence-corrected chi connectivity index (χ0v) is 17.2. The molecule has 2 heterocycles. The summed E-state index contributed by atoms with van der Waals surface area (Å²) in [5.41, 5.74) is 5.28. The molecule has 10 nitrogen and oxygen atoms in total. The van der Waals surface area contributed by atoms with Gasteiger partial charge >= 0.3 is 0 Å². The van der Waals surface area contributed by atoms with Crippen molar-refractivity contribution in [1.82, 2.24) is 30.8 Å². The van der Waals surface area contributed by atoms with Gasteiger partial charge < -0.3 is 4.52 Å². The van der Waals surface area contributed by atoms with Crippen molar-refractivity contribution < 1.29 is 14.1 Å². The number of carbonyl (C=O) groups excluding carboxylic acids is 2. The minimum atomic E-state index is -0.624. The predicted molar refractivity (Wildman–Crippen MR) is 115 cm³/mol. The highest BCUT2D eigenvalue weighted by molar-refractivity contribution is 6.05. The summed E-state index contributed by atoms with van der Waals surface area (Å²) in [5.74, 6) is -0.307. The van der Waals surface area contributed by atoms with E-state index < -0.39 is 11.8 Å². The summed E-state index contributed by atoms with van der Waals surface area (Å²) in [6.45, 7) is 2.07. The molecule has 0 saturated carbocycles. The summed E-state index contributed by atoms with van der Waals surface area (Å²) in [6, 6.07) is 16.0. The molecule has 0 aliphatic heterocycles. The van der Waals surface area contributed by atoms with Crippen LogP contribution < -0.4 is 16.4 Å². The monoisotopic (exact) mass is 432 g/mol. The average molecular weight is 432 g/mol. The molecule has 4 rings (SSSR count). The number of nitrogens with one attached hydrogen (secondary N) is 2. The minimum absolute atomic E-state index is 0.0271. The van der Waals surface area contributed by atoms with Crippen molar-refractivity contribution in [2.45, 2.75) is 26.3 Å². The molecule has 162 valence electrons. The lowest BCUT2D eigenvalue weighted by atomic mass is 10.1. The SMILES string of the molecule is CCn1nc(C(=O)NNC(=O)CCc2nc(-c3ccccc3)no2)c2ccccc2c1=O. The number of aryl methyl sites for hydroxylation is 2. The van der Waals surface area contributed by atoms with Crippen LogP contribution in [-0.4, -0.2) is 31.7 Å². The Balaban J connectivity index is 1.38. The van der Waals surface area contributed by atoms with E-state index in [0.717, 1.165) is 5.56 Å². The number of amides is 2. The summed E-state index contributed by atoms with van der Waals surface area (Å²) in [6.07, 6.45) is 0.239. The van der Waals surface area contributed by atoms with Gasteiger partial charge in [-0.3, -0.25) is 25.2 Å². The fourth-order valence-electron chi connectivity index (χ4n) is 3.15. The molecule has 0 atom stereocenters. The fraction of sp³-hybridized carbons (Fsp3) is 0.182. The first-order chi connectivity index (χ1) is 15.6. The van der Waals surface area contributed by atoms with Gasteiger partial charge in [0.15, 0.2) is 5.69 Å². The van der Waals surface area contributed by atoms with Crippen LogP contribution in [0.1, 0.15) is 29.7 Å². The maximum Gasteiger partial charge on any atom is 0.290 e. The summed E-state index contributed by atoms with van der Waals surface area (Å²) >= 11 is 0. The number of hydrogen-bond donors (Lipinski definition) is 2. The number of nitrogens with zero attached hydrogens (tertiary/aromatic N) is 4. The highest BCUT2D eigenvalue weighted by atomic mass is 16.5. The maximum absolute atomic E-state index is 12.6. The van der Waals surface area contributed by atoms with Crippen LogP contribution in [0.25, 0.3) is 22.2 Å². The highest BCUT2D eigenvalue weighted by Crippen LogP contribution is 2.15. The molecule has 32 heavy (non-hydrogen) atoms. The molecule has 0 unspecified atom stereocenters. The van der Waals surface area contributed by atoms with E-state index in [0.29, 0.717) is 29.0 Å². The fourth-order valence-corrected chi connectivity index (χ4v) is 3.15. The Morgan fingerprint density at radius 1 is 1.00 bits per heavy atom. The van der Waals surface area contributed by atoms with Gasteiger partial charge in [0.1, 0.15) is 0 Å². The van der Waals surface area contributed by atoms with Gasteiger partial charge in [-0.25, -0.2) is 4.68 Å².